The Bertz CT molecular complexity index is 447. The first-order chi connectivity index (χ1) is 8.63. The summed E-state index contributed by atoms with van der Waals surface area (Å²) in [5, 5.41) is 15.3. The second kappa shape index (κ2) is 4.15. The van der Waals surface area contributed by atoms with Crippen molar-refractivity contribution in [3.63, 3.8) is 0 Å². The van der Waals surface area contributed by atoms with Crippen LogP contribution < -0.4 is 10.2 Å². The molecule has 1 amide bonds. The van der Waals surface area contributed by atoms with E-state index in [-0.39, 0.29) is 6.04 Å². The summed E-state index contributed by atoms with van der Waals surface area (Å²) in [4.78, 5) is 17.1. The SMILES string of the molecule is Cc1noc(N2C[C@H]3CC[C@@H](C2)C3NC(=O)O)n1. The molecule has 0 aromatic carbocycles. The van der Waals surface area contributed by atoms with Gasteiger partial charge in [-0.1, -0.05) is 5.16 Å². The molecule has 2 N–H and O–H groups in total. The number of aromatic nitrogens is 2. The number of nitrogens with one attached hydrogen (secondary N) is 1. The highest BCUT2D eigenvalue weighted by Crippen LogP contribution is 2.38. The van der Waals surface area contributed by atoms with Crippen molar-refractivity contribution in [1.82, 2.24) is 15.5 Å². The van der Waals surface area contributed by atoms with Gasteiger partial charge in [-0.05, 0) is 31.6 Å². The van der Waals surface area contributed by atoms with Crippen molar-refractivity contribution in [2.75, 3.05) is 18.0 Å². The highest BCUT2D eigenvalue weighted by atomic mass is 16.5. The minimum Gasteiger partial charge on any atom is -0.465 e. The van der Waals surface area contributed by atoms with Gasteiger partial charge in [0.25, 0.3) is 0 Å². The highest BCUT2D eigenvalue weighted by Gasteiger charge is 2.43. The van der Waals surface area contributed by atoms with Crippen LogP contribution >= 0.6 is 0 Å². The van der Waals surface area contributed by atoms with Crippen LogP contribution in [0, 0.1) is 18.8 Å². The molecule has 1 aliphatic carbocycles. The van der Waals surface area contributed by atoms with Gasteiger partial charge in [-0.2, -0.15) is 4.98 Å². The van der Waals surface area contributed by atoms with Gasteiger partial charge in [-0.25, -0.2) is 4.79 Å². The van der Waals surface area contributed by atoms with E-state index in [2.05, 4.69) is 20.4 Å². The fourth-order valence-corrected chi connectivity index (χ4v) is 3.17. The van der Waals surface area contributed by atoms with Gasteiger partial charge in [0.1, 0.15) is 0 Å². The maximum absolute atomic E-state index is 10.8. The average molecular weight is 252 g/mol. The molecule has 1 saturated heterocycles. The zero-order valence-electron chi connectivity index (χ0n) is 10.2. The van der Waals surface area contributed by atoms with Crippen LogP contribution in [-0.4, -0.2) is 40.5 Å². The van der Waals surface area contributed by atoms with Crippen molar-refractivity contribution in [3.05, 3.63) is 5.82 Å². The van der Waals surface area contributed by atoms with Crippen LogP contribution in [-0.2, 0) is 0 Å². The summed E-state index contributed by atoms with van der Waals surface area (Å²) in [7, 11) is 0. The molecule has 7 heteroatoms. The number of amides is 1. The summed E-state index contributed by atoms with van der Waals surface area (Å²) in [6.45, 7) is 3.35. The molecule has 1 unspecified atom stereocenters. The van der Waals surface area contributed by atoms with Crippen molar-refractivity contribution in [2.24, 2.45) is 11.8 Å². The summed E-state index contributed by atoms with van der Waals surface area (Å²) in [6, 6.07) is 0.626. The first kappa shape index (κ1) is 11.3. The molecule has 2 aliphatic rings. The molecule has 1 aromatic rings. The molecule has 1 aromatic heterocycles. The van der Waals surface area contributed by atoms with Gasteiger partial charge in [0.05, 0.1) is 0 Å². The Balaban J connectivity index is 1.73. The Kier molecular flexibility index (Phi) is 2.61. The predicted octanol–water partition coefficient (Wildman–Crippen LogP) is 0.860. The van der Waals surface area contributed by atoms with Crippen LogP contribution in [0.1, 0.15) is 18.7 Å². The van der Waals surface area contributed by atoms with E-state index >= 15 is 0 Å². The van der Waals surface area contributed by atoms with Gasteiger partial charge in [0.2, 0.25) is 0 Å². The predicted molar refractivity (Wildman–Crippen MR) is 62.4 cm³/mol. The van der Waals surface area contributed by atoms with Crippen molar-refractivity contribution in [2.45, 2.75) is 25.8 Å². The van der Waals surface area contributed by atoms with Gasteiger partial charge >= 0.3 is 12.1 Å². The van der Waals surface area contributed by atoms with Crippen LogP contribution in [0.3, 0.4) is 0 Å². The van der Waals surface area contributed by atoms with Gasteiger partial charge in [-0.15, -0.1) is 0 Å². The zero-order chi connectivity index (χ0) is 12.7. The van der Waals surface area contributed by atoms with Gasteiger partial charge < -0.3 is 19.8 Å². The molecule has 98 valence electrons. The molecule has 18 heavy (non-hydrogen) atoms. The van der Waals surface area contributed by atoms with E-state index in [9.17, 15) is 4.79 Å². The molecule has 1 saturated carbocycles. The van der Waals surface area contributed by atoms with Crippen molar-refractivity contribution < 1.29 is 14.4 Å². The summed E-state index contributed by atoms with van der Waals surface area (Å²) >= 11 is 0. The van der Waals surface area contributed by atoms with Crippen LogP contribution in [0.5, 0.6) is 0 Å². The van der Waals surface area contributed by atoms with Crippen molar-refractivity contribution >= 4 is 12.1 Å². The molecule has 7 nitrogen and oxygen atoms in total. The Morgan fingerprint density at radius 2 is 2.11 bits per heavy atom. The number of piperidine rings is 1. The second-order valence-electron chi connectivity index (χ2n) is 5.10. The Morgan fingerprint density at radius 1 is 1.44 bits per heavy atom. The number of anilines is 1. The Hall–Kier alpha value is -1.79. The summed E-state index contributed by atoms with van der Waals surface area (Å²) in [5.41, 5.74) is 0. The topological polar surface area (TPSA) is 91.5 Å². The first-order valence-electron chi connectivity index (χ1n) is 6.18. The van der Waals surface area contributed by atoms with E-state index < -0.39 is 6.09 Å². The number of carboxylic acid groups (broad SMARTS) is 1. The number of hydrogen-bond donors (Lipinski definition) is 2. The standard InChI is InChI=1S/C11H16N4O3/c1-6-12-10(18-14-6)15-4-7-2-3-8(5-15)9(7)13-11(16)17/h7-9,13H,2-5H2,1H3,(H,16,17)/t7-,8+,9?. The van der Waals surface area contributed by atoms with Crippen molar-refractivity contribution in [1.29, 1.82) is 0 Å². The number of fused-ring (bicyclic) bond motifs is 2. The van der Waals surface area contributed by atoms with Crippen LogP contribution in [0.4, 0.5) is 10.8 Å². The molecule has 0 spiro atoms. The third-order valence-electron chi connectivity index (χ3n) is 3.91. The molecule has 3 rings (SSSR count). The summed E-state index contributed by atoms with van der Waals surface area (Å²) in [5.74, 6) is 1.31. The van der Waals surface area contributed by atoms with E-state index in [0.717, 1.165) is 25.9 Å². The summed E-state index contributed by atoms with van der Waals surface area (Å²) < 4.78 is 5.17. The van der Waals surface area contributed by atoms with Gasteiger partial charge in [0, 0.05) is 19.1 Å². The highest BCUT2D eigenvalue weighted by molar-refractivity contribution is 5.65. The fourth-order valence-electron chi connectivity index (χ4n) is 3.17. The molecule has 2 fully saturated rings. The largest absolute Gasteiger partial charge is 0.465 e. The number of nitrogens with zero attached hydrogens (tertiary/aromatic N) is 3. The summed E-state index contributed by atoms with van der Waals surface area (Å²) in [6.07, 6.45) is 1.18. The Morgan fingerprint density at radius 3 is 2.61 bits per heavy atom. The third-order valence-corrected chi connectivity index (χ3v) is 3.91. The molecule has 3 atom stereocenters. The lowest BCUT2D eigenvalue weighted by Gasteiger charge is -2.36. The number of aryl methyl sites for hydroxylation is 1. The smallest absolute Gasteiger partial charge is 0.404 e. The number of hydrogen-bond acceptors (Lipinski definition) is 5. The van der Waals surface area contributed by atoms with E-state index in [0.29, 0.717) is 23.7 Å². The Labute approximate surface area is 104 Å². The molecular formula is C11H16N4O3. The fraction of sp³-hybridized carbons (Fsp3) is 0.727. The van der Waals surface area contributed by atoms with E-state index in [1.165, 1.54) is 0 Å². The zero-order valence-corrected chi connectivity index (χ0v) is 10.2. The number of rotatable bonds is 2. The lowest BCUT2D eigenvalue weighted by atomic mass is 9.92. The quantitative estimate of drug-likeness (QED) is 0.811. The molecule has 1 aliphatic heterocycles. The minimum absolute atomic E-state index is 0.0720. The maximum Gasteiger partial charge on any atom is 0.404 e. The second-order valence-corrected chi connectivity index (χ2v) is 5.10. The molecule has 0 radical (unpaired) electrons. The van der Waals surface area contributed by atoms with Gasteiger partial charge in [-0.3, -0.25) is 0 Å². The first-order valence-corrected chi connectivity index (χ1v) is 6.18. The van der Waals surface area contributed by atoms with Crippen LogP contribution in [0.25, 0.3) is 0 Å². The minimum atomic E-state index is -0.931. The maximum atomic E-state index is 10.8. The van der Waals surface area contributed by atoms with E-state index in [4.69, 9.17) is 9.63 Å². The van der Waals surface area contributed by atoms with Crippen LogP contribution in [0.15, 0.2) is 4.52 Å². The number of carbonyl (C=O) groups is 1. The van der Waals surface area contributed by atoms with Crippen molar-refractivity contribution in [3.8, 4) is 0 Å². The van der Waals surface area contributed by atoms with E-state index in [1.54, 1.807) is 6.92 Å². The van der Waals surface area contributed by atoms with E-state index in [1.807, 2.05) is 0 Å². The monoisotopic (exact) mass is 252 g/mol. The average Bonchev–Trinajstić information content (AvgIpc) is 2.81. The lowest BCUT2D eigenvalue weighted by molar-refractivity contribution is 0.178. The normalized spacial score (nSPS) is 30.5. The van der Waals surface area contributed by atoms with Crippen LogP contribution in [0.2, 0.25) is 0 Å². The molecule has 2 bridgehead atoms. The molecular weight excluding hydrogens is 236 g/mol. The third kappa shape index (κ3) is 1.89. The van der Waals surface area contributed by atoms with Gasteiger partial charge in [0.15, 0.2) is 5.82 Å². The molecule has 2 heterocycles. The lowest BCUT2D eigenvalue weighted by Crippen LogP contribution is -2.52.